The Labute approximate surface area is 217 Å². The third kappa shape index (κ3) is 15.3. The number of carboxylic acid groups (broad SMARTS) is 4. The van der Waals surface area contributed by atoms with E-state index in [0.29, 0.717) is 32.4 Å². The number of carboxylic acids is 4. The van der Waals surface area contributed by atoms with E-state index in [1.807, 2.05) is 4.90 Å². The van der Waals surface area contributed by atoms with Crippen molar-refractivity contribution in [3.8, 4) is 0 Å². The first kappa shape index (κ1) is 34.4. The standard InChI is InChI=1S/C23H39N3O9.CH4O/c27-13-12-24-10-11-25(14-20(30)31)18-23(17-24,26(15-21(32)33)16-22(34)35)9-7-5-3-1-2-4-6-8-19(28)29;1-2/h13H,1-12,14-18H2,(H,28,29)(H,30,31)(H,32,33)(H,34,35);2H,1H3. The maximum absolute atomic E-state index is 11.6. The van der Waals surface area contributed by atoms with Gasteiger partial charge in [0, 0.05) is 45.2 Å². The number of rotatable bonds is 19. The highest BCUT2D eigenvalue weighted by Gasteiger charge is 2.43. The summed E-state index contributed by atoms with van der Waals surface area (Å²) in [5.41, 5.74) is -0.951. The highest BCUT2D eigenvalue weighted by Crippen LogP contribution is 2.28. The Balaban J connectivity index is 0.00000631. The first-order valence-electron chi connectivity index (χ1n) is 12.5. The lowest BCUT2D eigenvalue weighted by molar-refractivity contribution is -0.147. The van der Waals surface area contributed by atoms with Gasteiger partial charge < -0.3 is 30.3 Å². The number of carbonyl (C=O) groups excluding carboxylic acids is 1. The Bertz CT molecular complexity index is 705. The largest absolute Gasteiger partial charge is 0.481 e. The number of hydrogen-bond acceptors (Lipinski definition) is 9. The van der Waals surface area contributed by atoms with E-state index in [4.69, 9.17) is 10.2 Å². The van der Waals surface area contributed by atoms with Gasteiger partial charge in [-0.3, -0.25) is 33.9 Å². The summed E-state index contributed by atoms with van der Waals surface area (Å²) < 4.78 is 0. The summed E-state index contributed by atoms with van der Waals surface area (Å²) in [6, 6.07) is 0. The number of aliphatic carboxylic acids is 4. The average molecular weight is 534 g/mol. The lowest BCUT2D eigenvalue weighted by Gasteiger charge is -2.45. The predicted molar refractivity (Wildman–Crippen MR) is 133 cm³/mol. The highest BCUT2D eigenvalue weighted by atomic mass is 16.4. The van der Waals surface area contributed by atoms with Gasteiger partial charge in [0.15, 0.2) is 0 Å². The van der Waals surface area contributed by atoms with Gasteiger partial charge in [0.1, 0.15) is 6.29 Å². The van der Waals surface area contributed by atoms with Crippen LogP contribution in [0.15, 0.2) is 0 Å². The molecule has 1 heterocycles. The molecule has 37 heavy (non-hydrogen) atoms. The minimum absolute atomic E-state index is 0.0903. The summed E-state index contributed by atoms with van der Waals surface area (Å²) in [4.78, 5) is 61.4. The molecule has 1 aliphatic rings. The molecular formula is C24H43N3O10. The maximum atomic E-state index is 11.6. The van der Waals surface area contributed by atoms with Crippen molar-refractivity contribution >= 4 is 30.2 Å². The summed E-state index contributed by atoms with van der Waals surface area (Å²) in [7, 11) is 1.00. The van der Waals surface area contributed by atoms with Gasteiger partial charge in [-0.25, -0.2) is 0 Å². The van der Waals surface area contributed by atoms with E-state index >= 15 is 0 Å². The first-order valence-corrected chi connectivity index (χ1v) is 12.5. The summed E-state index contributed by atoms with van der Waals surface area (Å²) in [5, 5.41) is 44.0. The molecule has 13 nitrogen and oxygen atoms in total. The van der Waals surface area contributed by atoms with E-state index in [0.717, 1.165) is 45.5 Å². The molecule has 0 aliphatic carbocycles. The van der Waals surface area contributed by atoms with Crippen LogP contribution in [-0.2, 0) is 24.0 Å². The van der Waals surface area contributed by atoms with Crippen LogP contribution in [0.25, 0.3) is 0 Å². The zero-order chi connectivity index (χ0) is 28.3. The van der Waals surface area contributed by atoms with Crippen LogP contribution in [0.3, 0.4) is 0 Å². The van der Waals surface area contributed by atoms with E-state index in [1.54, 1.807) is 4.90 Å². The molecule has 1 aliphatic heterocycles. The topological polar surface area (TPSA) is 196 Å². The molecule has 0 amide bonds. The van der Waals surface area contributed by atoms with Gasteiger partial charge >= 0.3 is 23.9 Å². The van der Waals surface area contributed by atoms with Crippen molar-refractivity contribution in [2.45, 2.75) is 63.3 Å². The molecule has 0 radical (unpaired) electrons. The maximum Gasteiger partial charge on any atom is 0.317 e. The van der Waals surface area contributed by atoms with Gasteiger partial charge in [-0.15, -0.1) is 0 Å². The summed E-state index contributed by atoms with van der Waals surface area (Å²) in [6.07, 6.45) is 7.09. The fourth-order valence-electron chi connectivity index (χ4n) is 4.76. The highest BCUT2D eigenvalue weighted by molar-refractivity contribution is 5.73. The zero-order valence-corrected chi connectivity index (χ0v) is 21.7. The molecule has 0 bridgehead atoms. The Kier molecular flexibility index (Phi) is 18.1. The van der Waals surface area contributed by atoms with Gasteiger partial charge in [0.25, 0.3) is 0 Å². The number of hydrogen-bond donors (Lipinski definition) is 5. The monoisotopic (exact) mass is 533 g/mol. The Morgan fingerprint density at radius 1 is 0.730 bits per heavy atom. The number of nitrogens with zero attached hydrogens (tertiary/aromatic N) is 3. The second kappa shape index (κ2) is 19.5. The van der Waals surface area contributed by atoms with Crippen LogP contribution in [0, 0.1) is 0 Å². The second-order valence-corrected chi connectivity index (χ2v) is 9.24. The number of unbranched alkanes of at least 4 members (excludes halogenated alkanes) is 6. The smallest absolute Gasteiger partial charge is 0.317 e. The first-order chi connectivity index (χ1) is 17.6. The van der Waals surface area contributed by atoms with Crippen LogP contribution < -0.4 is 0 Å². The zero-order valence-electron chi connectivity index (χ0n) is 21.7. The molecule has 5 N–H and O–H groups in total. The molecule has 0 saturated carbocycles. The lowest BCUT2D eigenvalue weighted by atomic mass is 9.88. The minimum atomic E-state index is -1.18. The van der Waals surface area contributed by atoms with Crippen molar-refractivity contribution in [3.05, 3.63) is 0 Å². The van der Waals surface area contributed by atoms with Crippen LogP contribution in [0.4, 0.5) is 0 Å². The molecule has 1 rings (SSSR count). The molecule has 0 aromatic rings. The number of aldehydes is 1. The van der Waals surface area contributed by atoms with Crippen molar-refractivity contribution in [2.24, 2.45) is 0 Å². The lowest BCUT2D eigenvalue weighted by Crippen LogP contribution is -2.62. The summed E-state index contributed by atoms with van der Waals surface area (Å²) in [6.45, 7) is 0.0394. The Morgan fingerprint density at radius 3 is 1.70 bits per heavy atom. The van der Waals surface area contributed by atoms with Crippen molar-refractivity contribution in [1.29, 1.82) is 0 Å². The minimum Gasteiger partial charge on any atom is -0.481 e. The molecule has 214 valence electrons. The molecule has 1 atom stereocenters. The van der Waals surface area contributed by atoms with Gasteiger partial charge in [0.05, 0.1) is 26.2 Å². The third-order valence-corrected chi connectivity index (χ3v) is 6.32. The van der Waals surface area contributed by atoms with E-state index in [-0.39, 0.29) is 32.6 Å². The van der Waals surface area contributed by atoms with Gasteiger partial charge in [0.2, 0.25) is 0 Å². The average Bonchev–Trinajstić information content (AvgIpc) is 2.98. The van der Waals surface area contributed by atoms with Crippen LogP contribution in [0.2, 0.25) is 0 Å². The van der Waals surface area contributed by atoms with Crippen LogP contribution in [0.5, 0.6) is 0 Å². The van der Waals surface area contributed by atoms with Gasteiger partial charge in [-0.05, 0) is 12.8 Å². The number of aliphatic hydroxyl groups is 1. The molecule has 1 unspecified atom stereocenters. The molecule has 0 aromatic heterocycles. The van der Waals surface area contributed by atoms with Crippen molar-refractivity contribution in [2.75, 3.05) is 59.5 Å². The van der Waals surface area contributed by atoms with Crippen molar-refractivity contribution in [1.82, 2.24) is 14.7 Å². The SMILES string of the molecule is CO.O=CCN1CCN(CC(=O)O)CC(CCCCCCCCCC(=O)O)(N(CC(=O)O)CC(=O)O)C1. The van der Waals surface area contributed by atoms with Crippen molar-refractivity contribution in [3.63, 3.8) is 0 Å². The molecule has 0 spiro atoms. The molecule has 1 fully saturated rings. The molecule has 13 heteroatoms. The normalized spacial score (nSPS) is 18.5. The quantitative estimate of drug-likeness (QED) is 0.112. The van der Waals surface area contributed by atoms with Crippen LogP contribution >= 0.6 is 0 Å². The van der Waals surface area contributed by atoms with E-state index in [9.17, 15) is 39.3 Å². The summed E-state index contributed by atoms with van der Waals surface area (Å²) >= 11 is 0. The third-order valence-electron chi connectivity index (χ3n) is 6.32. The van der Waals surface area contributed by atoms with E-state index < -0.39 is 42.5 Å². The van der Waals surface area contributed by atoms with Crippen LogP contribution in [-0.4, -0.2) is 135 Å². The molecule has 0 aromatic carbocycles. The molecule has 1 saturated heterocycles. The number of aliphatic hydroxyl groups excluding tert-OH is 1. The van der Waals surface area contributed by atoms with E-state index in [1.165, 1.54) is 4.90 Å². The van der Waals surface area contributed by atoms with Gasteiger partial charge in [-0.1, -0.05) is 38.5 Å². The van der Waals surface area contributed by atoms with Crippen molar-refractivity contribution < 1.29 is 49.5 Å². The number of carbonyl (C=O) groups is 5. The summed E-state index contributed by atoms with van der Waals surface area (Å²) in [5.74, 6) is -4.19. The van der Waals surface area contributed by atoms with Crippen LogP contribution in [0.1, 0.15) is 57.8 Å². The fourth-order valence-corrected chi connectivity index (χ4v) is 4.76. The van der Waals surface area contributed by atoms with Gasteiger partial charge in [-0.2, -0.15) is 0 Å². The van der Waals surface area contributed by atoms with E-state index in [2.05, 4.69) is 0 Å². The fraction of sp³-hybridized carbons (Fsp3) is 0.792. The Hall–Kier alpha value is -2.61. The second-order valence-electron chi connectivity index (χ2n) is 9.24. The molecular weight excluding hydrogens is 490 g/mol. The predicted octanol–water partition coefficient (Wildman–Crippen LogP) is 0.302. The Morgan fingerprint density at radius 2 is 1.22 bits per heavy atom.